The number of nitrogens with one attached hydrogen (secondary N) is 1. The molecule has 4 nitrogen and oxygen atoms in total. The first-order valence-corrected chi connectivity index (χ1v) is 6.27. The van der Waals surface area contributed by atoms with Crippen LogP contribution in [0.4, 0.5) is 5.69 Å². The van der Waals surface area contributed by atoms with E-state index in [1.54, 1.807) is 0 Å². The highest BCUT2D eigenvalue weighted by Gasteiger charge is 2.11. The van der Waals surface area contributed by atoms with Crippen molar-refractivity contribution in [3.05, 3.63) is 24.0 Å². The zero-order valence-corrected chi connectivity index (χ0v) is 10.6. The number of hydrogen-bond acceptors (Lipinski definition) is 4. The Hall–Kier alpha value is -1.13. The molecule has 0 aromatic carbocycles. The normalized spacial score (nSPS) is 16.5. The lowest BCUT2D eigenvalue weighted by atomic mass is 10.2. The number of pyridine rings is 1. The molecule has 94 valence electrons. The molecule has 1 aromatic heterocycles. The second-order valence-corrected chi connectivity index (χ2v) is 4.64. The second kappa shape index (κ2) is 5.98. The third kappa shape index (κ3) is 3.68. The van der Waals surface area contributed by atoms with Gasteiger partial charge in [0.15, 0.2) is 0 Å². The maximum atomic E-state index is 5.36. The zero-order chi connectivity index (χ0) is 12.1. The van der Waals surface area contributed by atoms with Crippen molar-refractivity contribution in [1.29, 1.82) is 0 Å². The summed E-state index contributed by atoms with van der Waals surface area (Å²) in [5, 5.41) is 3.39. The lowest BCUT2D eigenvalue weighted by molar-refractivity contribution is 0.122. The van der Waals surface area contributed by atoms with Crippen molar-refractivity contribution >= 4 is 5.69 Å². The Kier molecular flexibility index (Phi) is 4.34. The van der Waals surface area contributed by atoms with Gasteiger partial charge in [-0.05, 0) is 12.1 Å². The molecule has 1 aromatic rings. The Morgan fingerprint density at radius 1 is 1.41 bits per heavy atom. The van der Waals surface area contributed by atoms with Crippen molar-refractivity contribution in [3.63, 3.8) is 0 Å². The van der Waals surface area contributed by atoms with Gasteiger partial charge in [0.1, 0.15) is 0 Å². The van der Waals surface area contributed by atoms with Gasteiger partial charge in [0, 0.05) is 37.6 Å². The van der Waals surface area contributed by atoms with Crippen molar-refractivity contribution in [2.45, 2.75) is 26.4 Å². The van der Waals surface area contributed by atoms with Crippen molar-refractivity contribution in [3.8, 4) is 0 Å². The average molecular weight is 235 g/mol. The number of ether oxygens (including phenoxy) is 1. The van der Waals surface area contributed by atoms with Crippen LogP contribution in [0.3, 0.4) is 0 Å². The van der Waals surface area contributed by atoms with Crippen molar-refractivity contribution < 1.29 is 4.74 Å². The Labute approximate surface area is 103 Å². The van der Waals surface area contributed by atoms with E-state index in [1.165, 1.54) is 5.69 Å². The minimum atomic E-state index is 0.490. The lowest BCUT2D eigenvalue weighted by Crippen LogP contribution is -2.36. The Morgan fingerprint density at radius 3 is 2.88 bits per heavy atom. The summed E-state index contributed by atoms with van der Waals surface area (Å²) in [5.41, 5.74) is 2.35. The Bertz CT molecular complexity index is 348. The highest BCUT2D eigenvalue weighted by molar-refractivity contribution is 5.46. The molecule has 1 aliphatic rings. The smallest absolute Gasteiger partial charge is 0.0642 e. The molecule has 1 fully saturated rings. The van der Waals surface area contributed by atoms with Gasteiger partial charge >= 0.3 is 0 Å². The molecule has 0 atom stereocenters. The van der Waals surface area contributed by atoms with E-state index >= 15 is 0 Å². The maximum Gasteiger partial charge on any atom is 0.0642 e. The third-order valence-corrected chi connectivity index (χ3v) is 2.87. The number of morpholine rings is 1. The van der Waals surface area contributed by atoms with Crippen LogP contribution >= 0.6 is 0 Å². The van der Waals surface area contributed by atoms with E-state index in [2.05, 4.69) is 41.2 Å². The van der Waals surface area contributed by atoms with Gasteiger partial charge in [-0.15, -0.1) is 0 Å². The van der Waals surface area contributed by atoms with E-state index in [0.717, 1.165) is 38.5 Å². The van der Waals surface area contributed by atoms with Crippen LogP contribution in [0.2, 0.25) is 0 Å². The molecule has 0 aliphatic carbocycles. The van der Waals surface area contributed by atoms with E-state index in [1.807, 2.05) is 6.20 Å². The van der Waals surface area contributed by atoms with E-state index in [0.29, 0.717) is 6.04 Å². The molecule has 4 heteroatoms. The van der Waals surface area contributed by atoms with Gasteiger partial charge in [-0.2, -0.15) is 0 Å². The van der Waals surface area contributed by atoms with Crippen LogP contribution in [0.25, 0.3) is 0 Å². The van der Waals surface area contributed by atoms with Crippen LogP contribution in [0, 0.1) is 0 Å². The highest BCUT2D eigenvalue weighted by Crippen LogP contribution is 2.15. The number of nitrogens with zero attached hydrogens (tertiary/aromatic N) is 2. The summed E-state index contributed by atoms with van der Waals surface area (Å²) in [6.07, 6.45) is 1.89. The minimum Gasteiger partial charge on any atom is -0.378 e. The van der Waals surface area contributed by atoms with Gasteiger partial charge in [0.05, 0.1) is 18.9 Å². The van der Waals surface area contributed by atoms with Crippen LogP contribution in [-0.4, -0.2) is 37.3 Å². The molecule has 0 spiro atoms. The van der Waals surface area contributed by atoms with Crippen molar-refractivity contribution in [1.82, 2.24) is 10.3 Å². The van der Waals surface area contributed by atoms with Gasteiger partial charge in [-0.3, -0.25) is 4.98 Å². The first-order chi connectivity index (χ1) is 8.25. The molecule has 1 N–H and O–H groups in total. The van der Waals surface area contributed by atoms with Crippen LogP contribution in [0.15, 0.2) is 18.3 Å². The van der Waals surface area contributed by atoms with Gasteiger partial charge < -0.3 is 15.0 Å². The minimum absolute atomic E-state index is 0.490. The van der Waals surface area contributed by atoms with Gasteiger partial charge in [-0.25, -0.2) is 0 Å². The third-order valence-electron chi connectivity index (χ3n) is 2.87. The lowest BCUT2D eigenvalue weighted by Gasteiger charge is -2.29. The highest BCUT2D eigenvalue weighted by atomic mass is 16.5. The number of aromatic nitrogens is 1. The van der Waals surface area contributed by atoms with Crippen LogP contribution in [-0.2, 0) is 11.3 Å². The molecule has 0 unspecified atom stereocenters. The summed E-state index contributed by atoms with van der Waals surface area (Å²) in [4.78, 5) is 6.74. The topological polar surface area (TPSA) is 37.4 Å². The van der Waals surface area contributed by atoms with Crippen molar-refractivity contribution in [2.75, 3.05) is 31.2 Å². The first-order valence-electron chi connectivity index (χ1n) is 6.27. The van der Waals surface area contributed by atoms with E-state index < -0.39 is 0 Å². The quantitative estimate of drug-likeness (QED) is 0.856. The van der Waals surface area contributed by atoms with Gasteiger partial charge in [0.2, 0.25) is 0 Å². The molecule has 0 saturated carbocycles. The summed E-state index contributed by atoms with van der Waals surface area (Å²) >= 11 is 0. The predicted octanol–water partition coefficient (Wildman–Crippen LogP) is 1.42. The summed E-state index contributed by atoms with van der Waals surface area (Å²) < 4.78 is 5.36. The largest absolute Gasteiger partial charge is 0.378 e. The van der Waals surface area contributed by atoms with Crippen LogP contribution in [0.1, 0.15) is 19.5 Å². The second-order valence-electron chi connectivity index (χ2n) is 4.64. The molecule has 0 radical (unpaired) electrons. The first kappa shape index (κ1) is 12.3. The molecule has 1 saturated heterocycles. The summed E-state index contributed by atoms with van der Waals surface area (Å²) in [6.45, 7) is 8.71. The average Bonchev–Trinajstić information content (AvgIpc) is 2.38. The van der Waals surface area contributed by atoms with Crippen LogP contribution < -0.4 is 10.2 Å². The SMILES string of the molecule is CC(C)NCc1cc(N2CCOCC2)ccn1. The molecule has 2 heterocycles. The summed E-state index contributed by atoms with van der Waals surface area (Å²) in [6, 6.07) is 4.73. The van der Waals surface area contributed by atoms with Gasteiger partial charge in [0.25, 0.3) is 0 Å². The number of hydrogen-bond donors (Lipinski definition) is 1. The van der Waals surface area contributed by atoms with Gasteiger partial charge in [-0.1, -0.05) is 13.8 Å². The Balaban J connectivity index is 2.00. The molecule has 2 rings (SSSR count). The van der Waals surface area contributed by atoms with Crippen LogP contribution in [0.5, 0.6) is 0 Å². The fraction of sp³-hybridized carbons (Fsp3) is 0.615. The fourth-order valence-corrected chi connectivity index (χ4v) is 1.89. The molecular weight excluding hydrogens is 214 g/mol. The standard InChI is InChI=1S/C13H21N3O/c1-11(2)15-10-12-9-13(3-4-14-12)16-5-7-17-8-6-16/h3-4,9,11,15H,5-8,10H2,1-2H3. The monoisotopic (exact) mass is 235 g/mol. The van der Waals surface area contributed by atoms with E-state index in [4.69, 9.17) is 4.74 Å². The molecule has 0 bridgehead atoms. The number of rotatable bonds is 4. The molecule has 1 aliphatic heterocycles. The fourth-order valence-electron chi connectivity index (χ4n) is 1.89. The van der Waals surface area contributed by atoms with E-state index in [9.17, 15) is 0 Å². The summed E-state index contributed by atoms with van der Waals surface area (Å²) in [7, 11) is 0. The molecular formula is C13H21N3O. The maximum absolute atomic E-state index is 5.36. The number of anilines is 1. The Morgan fingerprint density at radius 2 is 2.18 bits per heavy atom. The zero-order valence-electron chi connectivity index (χ0n) is 10.6. The van der Waals surface area contributed by atoms with E-state index in [-0.39, 0.29) is 0 Å². The predicted molar refractivity (Wildman–Crippen MR) is 69.2 cm³/mol. The van der Waals surface area contributed by atoms with Crippen molar-refractivity contribution in [2.24, 2.45) is 0 Å². The molecule has 0 amide bonds. The summed E-state index contributed by atoms with van der Waals surface area (Å²) in [5.74, 6) is 0. The molecule has 17 heavy (non-hydrogen) atoms.